The number of thiophene rings is 1. The van der Waals surface area contributed by atoms with Crippen molar-refractivity contribution in [3.8, 4) is 0 Å². The molecule has 0 bridgehead atoms. The van der Waals surface area contributed by atoms with Gasteiger partial charge in [-0.25, -0.2) is 14.6 Å². The second-order valence-corrected chi connectivity index (χ2v) is 6.00. The Morgan fingerprint density at radius 1 is 1.33 bits per heavy atom. The van der Waals surface area contributed by atoms with Crippen LogP contribution >= 0.6 is 11.3 Å². The molecule has 2 N–H and O–H groups in total. The highest BCUT2D eigenvalue weighted by Crippen LogP contribution is 2.33. The summed E-state index contributed by atoms with van der Waals surface area (Å²) in [5.74, 6) is -0.994. The van der Waals surface area contributed by atoms with Crippen LogP contribution in [0.25, 0.3) is 0 Å². The Kier molecular flexibility index (Phi) is 4.09. The molecule has 2 amide bonds. The molecule has 0 radical (unpaired) electrons. The van der Waals surface area contributed by atoms with Gasteiger partial charge in [-0.3, -0.25) is 5.43 Å². The molecule has 3 rings (SSSR count). The number of morpholine rings is 1. The summed E-state index contributed by atoms with van der Waals surface area (Å²) < 4.78 is 5.22. The van der Waals surface area contributed by atoms with Crippen molar-refractivity contribution in [3.05, 3.63) is 21.9 Å². The van der Waals surface area contributed by atoms with E-state index in [-0.39, 0.29) is 6.03 Å². The molecule has 1 aromatic rings. The van der Waals surface area contributed by atoms with Gasteiger partial charge in [-0.1, -0.05) is 0 Å². The van der Waals surface area contributed by atoms with Crippen molar-refractivity contribution in [1.29, 1.82) is 0 Å². The zero-order chi connectivity index (χ0) is 14.8. The predicted molar refractivity (Wildman–Crippen MR) is 76.0 cm³/mol. The van der Waals surface area contributed by atoms with Crippen molar-refractivity contribution in [2.45, 2.75) is 12.5 Å². The number of hydrazine groups is 1. The third-order valence-electron chi connectivity index (χ3n) is 3.73. The lowest BCUT2D eigenvalue weighted by atomic mass is 10.0. The maximum Gasteiger partial charge on any atom is 0.332 e. The van der Waals surface area contributed by atoms with Crippen LogP contribution in [0.15, 0.2) is 11.4 Å². The van der Waals surface area contributed by atoms with Gasteiger partial charge in [0.1, 0.15) is 0 Å². The van der Waals surface area contributed by atoms with Gasteiger partial charge < -0.3 is 14.7 Å². The monoisotopic (exact) mass is 311 g/mol. The second kappa shape index (κ2) is 6.00. The Bertz CT molecular complexity index is 541. The number of nitrogens with zero attached hydrogens (tertiary/aromatic N) is 2. The van der Waals surface area contributed by atoms with E-state index < -0.39 is 12.0 Å². The summed E-state index contributed by atoms with van der Waals surface area (Å²) in [6.07, 6.45) is 0.702. The Morgan fingerprint density at radius 3 is 2.81 bits per heavy atom. The summed E-state index contributed by atoms with van der Waals surface area (Å²) in [6.45, 7) is 2.78. The predicted octanol–water partition coefficient (Wildman–Crippen LogP) is 0.689. The number of nitrogens with one attached hydrogen (secondary N) is 1. The van der Waals surface area contributed by atoms with Crippen LogP contribution < -0.4 is 5.43 Å². The molecule has 1 aromatic heterocycles. The Labute approximate surface area is 126 Å². The maximum atomic E-state index is 12.4. The van der Waals surface area contributed by atoms with E-state index in [1.807, 2.05) is 5.38 Å². The minimum atomic E-state index is -0.994. The van der Waals surface area contributed by atoms with Gasteiger partial charge in [0.2, 0.25) is 0 Å². The number of aliphatic carboxylic acids is 1. The molecule has 114 valence electrons. The van der Waals surface area contributed by atoms with E-state index in [1.54, 1.807) is 22.4 Å². The number of hydrogen-bond donors (Lipinski definition) is 2. The standard InChI is InChI=1S/C13H17N3O4S/c17-12(18)11-9-2-8-21-10(9)1-3-16(11)13(19)14-15-4-6-20-7-5-15/h2,8,11H,1,3-7H2,(H,14,19)(H,17,18). The Hall–Kier alpha value is -1.64. The lowest BCUT2D eigenvalue weighted by Crippen LogP contribution is -2.55. The number of rotatable bonds is 2. The zero-order valence-corrected chi connectivity index (χ0v) is 12.3. The number of urea groups is 1. The first kappa shape index (κ1) is 14.3. The van der Waals surface area contributed by atoms with E-state index in [2.05, 4.69) is 5.43 Å². The van der Waals surface area contributed by atoms with Crippen molar-refractivity contribution < 1.29 is 19.4 Å². The van der Waals surface area contributed by atoms with Crippen LogP contribution in [-0.2, 0) is 16.0 Å². The molecular formula is C13H17N3O4S. The number of carbonyl (C=O) groups is 2. The summed E-state index contributed by atoms with van der Waals surface area (Å²) >= 11 is 1.55. The van der Waals surface area contributed by atoms with Crippen LogP contribution in [0.1, 0.15) is 16.5 Å². The lowest BCUT2D eigenvalue weighted by molar-refractivity contribution is -0.142. The fourth-order valence-corrected chi connectivity index (χ4v) is 3.58. The van der Waals surface area contributed by atoms with E-state index in [0.717, 1.165) is 10.4 Å². The first-order valence-electron chi connectivity index (χ1n) is 6.86. The van der Waals surface area contributed by atoms with Gasteiger partial charge in [0, 0.05) is 24.5 Å². The molecule has 0 saturated carbocycles. The highest BCUT2D eigenvalue weighted by Gasteiger charge is 2.37. The van der Waals surface area contributed by atoms with Crippen molar-refractivity contribution in [1.82, 2.24) is 15.3 Å². The van der Waals surface area contributed by atoms with E-state index >= 15 is 0 Å². The molecule has 1 fully saturated rings. The minimum Gasteiger partial charge on any atom is -0.479 e. The molecule has 2 aliphatic heterocycles. The van der Waals surface area contributed by atoms with E-state index in [4.69, 9.17) is 4.74 Å². The molecule has 0 aliphatic carbocycles. The van der Waals surface area contributed by atoms with Crippen molar-refractivity contribution in [2.24, 2.45) is 0 Å². The third-order valence-corrected chi connectivity index (χ3v) is 4.72. The molecule has 1 atom stereocenters. The molecule has 2 aliphatic rings. The fourth-order valence-electron chi connectivity index (χ4n) is 2.68. The fraction of sp³-hybridized carbons (Fsp3) is 0.538. The van der Waals surface area contributed by atoms with Gasteiger partial charge >= 0.3 is 12.0 Å². The van der Waals surface area contributed by atoms with Gasteiger partial charge in [0.15, 0.2) is 6.04 Å². The summed E-state index contributed by atoms with van der Waals surface area (Å²) in [4.78, 5) is 26.4. The van der Waals surface area contributed by atoms with Gasteiger partial charge in [-0.05, 0) is 23.4 Å². The van der Waals surface area contributed by atoms with Crippen molar-refractivity contribution in [2.75, 3.05) is 32.8 Å². The Balaban J connectivity index is 1.74. The molecular weight excluding hydrogens is 294 g/mol. The number of carboxylic acid groups (broad SMARTS) is 1. The molecule has 7 nitrogen and oxygen atoms in total. The Morgan fingerprint density at radius 2 is 2.10 bits per heavy atom. The van der Waals surface area contributed by atoms with E-state index in [1.165, 1.54) is 4.90 Å². The largest absolute Gasteiger partial charge is 0.479 e. The lowest BCUT2D eigenvalue weighted by Gasteiger charge is -2.35. The number of fused-ring (bicyclic) bond motifs is 1. The molecule has 0 aromatic carbocycles. The highest BCUT2D eigenvalue weighted by atomic mass is 32.1. The number of amides is 2. The first-order valence-corrected chi connectivity index (χ1v) is 7.74. The highest BCUT2D eigenvalue weighted by molar-refractivity contribution is 7.10. The summed E-state index contributed by atoms with van der Waals surface area (Å²) in [5.41, 5.74) is 3.51. The summed E-state index contributed by atoms with van der Waals surface area (Å²) in [6, 6.07) is 0.537. The molecule has 0 spiro atoms. The molecule has 8 heteroatoms. The van der Waals surface area contributed by atoms with Crippen LogP contribution in [0, 0.1) is 0 Å². The van der Waals surface area contributed by atoms with Crippen LogP contribution in [0.3, 0.4) is 0 Å². The second-order valence-electron chi connectivity index (χ2n) is 5.00. The normalized spacial score (nSPS) is 22.7. The maximum absolute atomic E-state index is 12.4. The van der Waals surface area contributed by atoms with Gasteiger partial charge in [-0.15, -0.1) is 11.3 Å². The topological polar surface area (TPSA) is 82.1 Å². The molecule has 1 saturated heterocycles. The van der Waals surface area contributed by atoms with Crippen LogP contribution in [-0.4, -0.2) is 59.9 Å². The number of hydrogen-bond acceptors (Lipinski definition) is 5. The van der Waals surface area contributed by atoms with E-state index in [9.17, 15) is 14.7 Å². The SMILES string of the molecule is O=C(O)C1c2ccsc2CCN1C(=O)NN1CCOCC1. The van der Waals surface area contributed by atoms with E-state index in [0.29, 0.717) is 39.3 Å². The third kappa shape index (κ3) is 2.87. The van der Waals surface area contributed by atoms with Crippen LogP contribution in [0.2, 0.25) is 0 Å². The van der Waals surface area contributed by atoms with Crippen LogP contribution in [0.4, 0.5) is 4.79 Å². The summed E-state index contributed by atoms with van der Waals surface area (Å²) in [7, 11) is 0. The number of carbonyl (C=O) groups excluding carboxylic acids is 1. The van der Waals surface area contributed by atoms with Gasteiger partial charge in [0.25, 0.3) is 0 Å². The van der Waals surface area contributed by atoms with Crippen LogP contribution in [0.5, 0.6) is 0 Å². The van der Waals surface area contributed by atoms with Gasteiger partial charge in [-0.2, -0.15) is 0 Å². The van der Waals surface area contributed by atoms with Crippen molar-refractivity contribution in [3.63, 3.8) is 0 Å². The molecule has 21 heavy (non-hydrogen) atoms. The first-order chi connectivity index (χ1) is 10.2. The molecule has 1 unspecified atom stereocenters. The summed E-state index contributed by atoms with van der Waals surface area (Å²) in [5, 5.41) is 13.1. The zero-order valence-electron chi connectivity index (χ0n) is 11.4. The average Bonchev–Trinajstić information content (AvgIpc) is 2.95. The quantitative estimate of drug-likeness (QED) is 0.840. The minimum absolute atomic E-state index is 0.360. The number of ether oxygens (including phenoxy) is 1. The molecule has 3 heterocycles. The number of carboxylic acids is 1. The van der Waals surface area contributed by atoms with Gasteiger partial charge in [0.05, 0.1) is 13.2 Å². The smallest absolute Gasteiger partial charge is 0.332 e. The van der Waals surface area contributed by atoms with Crippen molar-refractivity contribution >= 4 is 23.3 Å². The average molecular weight is 311 g/mol.